The van der Waals surface area contributed by atoms with Crippen LogP contribution < -0.4 is 5.32 Å². The van der Waals surface area contributed by atoms with E-state index >= 15 is 0 Å². The van der Waals surface area contributed by atoms with E-state index in [1.807, 2.05) is 0 Å². The average Bonchev–Trinajstić information content (AvgIpc) is 2.69. The molecule has 1 rings (SSSR count). The number of ether oxygens (including phenoxy) is 1. The third-order valence-corrected chi connectivity index (χ3v) is 2.38. The molecule has 5 nitrogen and oxygen atoms in total. The highest BCUT2D eigenvalue weighted by Gasteiger charge is 2.24. The lowest BCUT2D eigenvalue weighted by Gasteiger charge is -2.22. The maximum atomic E-state index is 11.4. The summed E-state index contributed by atoms with van der Waals surface area (Å²) in [6, 6.07) is -0.371. The number of carbonyl (C=O) groups excluding carboxylic acids is 2. The van der Waals surface area contributed by atoms with Crippen LogP contribution in [-0.2, 0) is 9.53 Å². The summed E-state index contributed by atoms with van der Waals surface area (Å²) in [6.07, 6.45) is 0.805. The second-order valence-corrected chi connectivity index (χ2v) is 3.38. The normalized spacial score (nSPS) is 20.6. The van der Waals surface area contributed by atoms with Gasteiger partial charge in [0.1, 0.15) is 5.88 Å². The molecule has 0 aliphatic carbocycles. The number of carbonyl (C=O) groups is 2. The summed E-state index contributed by atoms with van der Waals surface area (Å²) in [5.74, 6) is -0.691. The molecule has 0 radical (unpaired) electrons. The average molecular weight is 221 g/mol. The van der Waals surface area contributed by atoms with Gasteiger partial charge < -0.3 is 9.64 Å². The van der Waals surface area contributed by atoms with Crippen molar-refractivity contribution < 1.29 is 14.3 Å². The van der Waals surface area contributed by atoms with Crippen LogP contribution >= 0.6 is 11.6 Å². The summed E-state index contributed by atoms with van der Waals surface area (Å²) < 4.78 is 5.13. The Bertz CT molecular complexity index is 229. The Morgan fingerprint density at radius 3 is 2.86 bits per heavy atom. The minimum absolute atomic E-state index is 0.0538. The first-order valence-electron chi connectivity index (χ1n) is 4.35. The fourth-order valence-corrected chi connectivity index (χ4v) is 1.30. The highest BCUT2D eigenvalue weighted by atomic mass is 35.5. The van der Waals surface area contributed by atoms with Crippen molar-refractivity contribution in [1.82, 2.24) is 10.2 Å². The first kappa shape index (κ1) is 11.3. The van der Waals surface area contributed by atoms with Gasteiger partial charge in [-0.15, -0.1) is 11.6 Å². The van der Waals surface area contributed by atoms with E-state index in [1.54, 1.807) is 7.05 Å². The highest BCUT2D eigenvalue weighted by Crippen LogP contribution is 2.10. The van der Waals surface area contributed by atoms with Crippen LogP contribution in [-0.4, -0.2) is 49.0 Å². The van der Waals surface area contributed by atoms with Crippen LogP contribution in [0.1, 0.15) is 6.42 Å². The molecular weight excluding hydrogens is 208 g/mol. The van der Waals surface area contributed by atoms with Gasteiger partial charge in [-0.25, -0.2) is 4.79 Å². The lowest BCUT2D eigenvalue weighted by atomic mass is 10.2. The number of nitrogens with one attached hydrogen (secondary N) is 1. The molecule has 0 saturated carbocycles. The van der Waals surface area contributed by atoms with Crippen molar-refractivity contribution >= 4 is 23.5 Å². The smallest absolute Gasteiger partial charge is 0.324 e. The largest absolute Gasteiger partial charge is 0.379 e. The zero-order valence-corrected chi connectivity index (χ0v) is 8.71. The molecule has 1 saturated heterocycles. The number of nitrogens with zero attached hydrogens (tertiary/aromatic N) is 1. The number of amides is 3. The molecule has 1 unspecified atom stereocenters. The van der Waals surface area contributed by atoms with Crippen LogP contribution in [0, 0.1) is 0 Å². The Hall–Kier alpha value is -0.810. The zero-order chi connectivity index (χ0) is 10.6. The molecular formula is C8H13ClN2O3. The number of imide groups is 1. The van der Waals surface area contributed by atoms with Gasteiger partial charge in [0, 0.05) is 13.7 Å². The number of urea groups is 1. The predicted molar refractivity (Wildman–Crippen MR) is 51.2 cm³/mol. The first-order valence-corrected chi connectivity index (χ1v) is 4.89. The summed E-state index contributed by atoms with van der Waals surface area (Å²) in [5.41, 5.74) is 0. The fourth-order valence-electron chi connectivity index (χ4n) is 1.23. The lowest BCUT2D eigenvalue weighted by Crippen LogP contribution is -2.46. The standard InChI is InChI=1S/C8H13ClN2O3/c1-11(6-2-3-14-5-6)8(13)10-7(12)4-9/h6H,2-5H2,1H3,(H,10,12,13). The maximum Gasteiger partial charge on any atom is 0.324 e. The van der Waals surface area contributed by atoms with E-state index in [0.29, 0.717) is 13.2 Å². The van der Waals surface area contributed by atoms with Crippen LogP contribution in [0.2, 0.25) is 0 Å². The quantitative estimate of drug-likeness (QED) is 0.676. The molecule has 80 valence electrons. The molecule has 0 spiro atoms. The second kappa shape index (κ2) is 5.17. The summed E-state index contributed by atoms with van der Waals surface area (Å²) in [7, 11) is 1.64. The Balaban J connectivity index is 2.39. The molecule has 0 aromatic heterocycles. The molecule has 6 heteroatoms. The molecule has 1 aliphatic rings. The Kier molecular flexibility index (Phi) is 4.16. The fraction of sp³-hybridized carbons (Fsp3) is 0.750. The second-order valence-electron chi connectivity index (χ2n) is 3.12. The van der Waals surface area contributed by atoms with E-state index in [1.165, 1.54) is 4.90 Å². The molecule has 1 fully saturated rings. The van der Waals surface area contributed by atoms with E-state index < -0.39 is 11.9 Å². The van der Waals surface area contributed by atoms with Crippen molar-refractivity contribution in [3.8, 4) is 0 Å². The SMILES string of the molecule is CN(C(=O)NC(=O)CCl)C1CCOC1. The van der Waals surface area contributed by atoms with Crippen molar-refractivity contribution in [2.24, 2.45) is 0 Å². The molecule has 0 bridgehead atoms. The number of alkyl halides is 1. The molecule has 1 aliphatic heterocycles. The van der Waals surface area contributed by atoms with E-state index in [0.717, 1.165) is 6.42 Å². The van der Waals surface area contributed by atoms with Crippen LogP contribution in [0.5, 0.6) is 0 Å². The number of hydrogen-bond acceptors (Lipinski definition) is 3. The zero-order valence-electron chi connectivity index (χ0n) is 7.96. The number of hydrogen-bond donors (Lipinski definition) is 1. The van der Waals surface area contributed by atoms with Gasteiger partial charge in [-0.05, 0) is 6.42 Å². The summed E-state index contributed by atoms with van der Waals surface area (Å²) >= 11 is 5.25. The van der Waals surface area contributed by atoms with Crippen LogP contribution in [0.25, 0.3) is 0 Å². The molecule has 1 heterocycles. The monoisotopic (exact) mass is 220 g/mol. The van der Waals surface area contributed by atoms with Gasteiger partial charge in [-0.3, -0.25) is 10.1 Å². The van der Waals surface area contributed by atoms with Crippen LogP contribution in [0.4, 0.5) is 4.79 Å². The van der Waals surface area contributed by atoms with Gasteiger partial charge in [0.25, 0.3) is 0 Å². The van der Waals surface area contributed by atoms with Gasteiger partial charge in [-0.2, -0.15) is 0 Å². The van der Waals surface area contributed by atoms with Crippen LogP contribution in [0.3, 0.4) is 0 Å². The highest BCUT2D eigenvalue weighted by molar-refractivity contribution is 6.28. The lowest BCUT2D eigenvalue weighted by molar-refractivity contribution is -0.117. The van der Waals surface area contributed by atoms with Crippen molar-refractivity contribution in [3.63, 3.8) is 0 Å². The van der Waals surface area contributed by atoms with Gasteiger partial charge >= 0.3 is 6.03 Å². The summed E-state index contributed by atoms with van der Waals surface area (Å²) in [6.45, 7) is 1.19. The molecule has 1 N–H and O–H groups in total. The number of likely N-dealkylation sites (N-methyl/N-ethyl adjacent to an activating group) is 1. The third-order valence-electron chi connectivity index (χ3n) is 2.14. The van der Waals surface area contributed by atoms with E-state index in [9.17, 15) is 9.59 Å². The molecule has 14 heavy (non-hydrogen) atoms. The number of rotatable bonds is 2. The Labute approximate surface area is 87.3 Å². The summed E-state index contributed by atoms with van der Waals surface area (Å²) in [5, 5.41) is 2.17. The van der Waals surface area contributed by atoms with Crippen LogP contribution in [0.15, 0.2) is 0 Å². The summed E-state index contributed by atoms with van der Waals surface area (Å²) in [4.78, 5) is 23.7. The molecule has 0 aromatic carbocycles. The van der Waals surface area contributed by atoms with Crippen molar-refractivity contribution in [2.75, 3.05) is 26.1 Å². The molecule has 0 aromatic rings. The van der Waals surface area contributed by atoms with E-state index in [4.69, 9.17) is 16.3 Å². The first-order chi connectivity index (χ1) is 6.65. The number of halogens is 1. The molecule has 1 atom stereocenters. The minimum atomic E-state index is -0.484. The third kappa shape index (κ3) is 2.85. The topological polar surface area (TPSA) is 58.6 Å². The Morgan fingerprint density at radius 1 is 1.64 bits per heavy atom. The Morgan fingerprint density at radius 2 is 2.36 bits per heavy atom. The molecule has 3 amide bonds. The van der Waals surface area contributed by atoms with Crippen molar-refractivity contribution in [2.45, 2.75) is 12.5 Å². The van der Waals surface area contributed by atoms with Gasteiger partial charge in [-0.1, -0.05) is 0 Å². The predicted octanol–water partition coefficient (Wildman–Crippen LogP) is 0.182. The van der Waals surface area contributed by atoms with Gasteiger partial charge in [0.05, 0.1) is 12.6 Å². The minimum Gasteiger partial charge on any atom is -0.379 e. The van der Waals surface area contributed by atoms with Crippen molar-refractivity contribution in [3.05, 3.63) is 0 Å². The maximum absolute atomic E-state index is 11.4. The van der Waals surface area contributed by atoms with Gasteiger partial charge in [0.2, 0.25) is 5.91 Å². The van der Waals surface area contributed by atoms with Gasteiger partial charge in [0.15, 0.2) is 0 Å². The van der Waals surface area contributed by atoms with Crippen molar-refractivity contribution in [1.29, 1.82) is 0 Å². The van der Waals surface area contributed by atoms with E-state index in [2.05, 4.69) is 5.32 Å². The van der Waals surface area contributed by atoms with E-state index in [-0.39, 0.29) is 11.9 Å².